The Morgan fingerprint density at radius 3 is 1.29 bits per heavy atom. The maximum absolute atomic E-state index is 7.57. The molecule has 4 aliphatic rings. The molecule has 7 aromatic rings. The maximum atomic E-state index is 7.57. The van der Waals surface area contributed by atoms with Crippen molar-refractivity contribution in [3.63, 3.8) is 0 Å². The van der Waals surface area contributed by atoms with E-state index < -0.39 is 37.8 Å². The van der Waals surface area contributed by atoms with Gasteiger partial charge in [0.15, 0.2) is 28.8 Å². The minimum absolute atomic E-state index is 0.110. The molecule has 4 atom stereocenters. The van der Waals surface area contributed by atoms with Crippen molar-refractivity contribution in [3.8, 4) is 0 Å². The standard InChI is InChI=1S/C58H53N2O7P/c1-56(2)64-52-53(65-56)58(47-32-17-7-18-33-47,48-34-19-8-20-35-48)67-68(66-57(52,45-28-13-5-14-29-45)46-30-15-6-16-31-46)63-38-42-23-21-22-41(36-42)37-49(54-59-50(39-61-54)43-24-9-3-10-25-43)55-60-51(40-62-55)44-26-11-4-12-27-44/h3-36,49-53H,37-40H2,1-2H3/t50-,51-,52+,53+/m0/s1. The molecule has 4 heterocycles. The topological polar surface area (TPSA) is 89.3 Å². The highest BCUT2D eigenvalue weighted by atomic mass is 31.2. The SMILES string of the molecule is CC1(C)O[C@@H]2[C@@H](O1)C(c1ccccc1)(c1ccccc1)OP(OCc1cccc(CC(C3=N[C@H](c4ccccc4)CO3)C3=N[C@H](c4ccccc4)CO3)c1)OC2(c1ccccc1)c1ccccc1. The molecule has 9 nitrogen and oxygen atoms in total. The largest absolute Gasteiger partial charge is 0.478 e. The highest BCUT2D eigenvalue weighted by Crippen LogP contribution is 2.65. The van der Waals surface area contributed by atoms with Gasteiger partial charge in [-0.3, -0.25) is 9.05 Å². The summed E-state index contributed by atoms with van der Waals surface area (Å²) in [7, 11) is -2.18. The molecular weight excluding hydrogens is 868 g/mol. The van der Waals surface area contributed by atoms with Gasteiger partial charge in [-0.2, -0.15) is 0 Å². The molecule has 68 heavy (non-hydrogen) atoms. The van der Waals surface area contributed by atoms with Crippen LogP contribution >= 0.6 is 8.60 Å². The van der Waals surface area contributed by atoms with Gasteiger partial charge in [-0.05, 0) is 64.8 Å². The van der Waals surface area contributed by atoms with Crippen molar-refractivity contribution in [1.29, 1.82) is 0 Å². The smallest absolute Gasteiger partial charge is 0.335 e. The summed E-state index contributed by atoms with van der Waals surface area (Å²) in [5.74, 6) is -0.0673. The lowest BCUT2D eigenvalue weighted by atomic mass is 9.72. The van der Waals surface area contributed by atoms with Crippen LogP contribution in [0.2, 0.25) is 0 Å². The fraction of sp³-hybridized carbons (Fsp3) is 0.241. The van der Waals surface area contributed by atoms with Crippen molar-refractivity contribution in [3.05, 3.63) is 251 Å². The fourth-order valence-electron chi connectivity index (χ4n) is 10.1. The Labute approximate surface area is 399 Å². The van der Waals surface area contributed by atoms with Crippen LogP contribution in [0.4, 0.5) is 0 Å². The van der Waals surface area contributed by atoms with Gasteiger partial charge >= 0.3 is 8.60 Å². The second-order valence-electron chi connectivity index (χ2n) is 18.1. The third-order valence-electron chi connectivity index (χ3n) is 13.2. The van der Waals surface area contributed by atoms with Gasteiger partial charge in [0.1, 0.15) is 43.4 Å². The number of nitrogens with zero attached hydrogens (tertiary/aromatic N) is 2. The predicted molar refractivity (Wildman–Crippen MR) is 264 cm³/mol. The van der Waals surface area contributed by atoms with Crippen LogP contribution in [0.5, 0.6) is 0 Å². The average Bonchev–Trinajstić information content (AvgIpc) is 4.16. The van der Waals surface area contributed by atoms with Gasteiger partial charge in [0, 0.05) is 0 Å². The first-order valence-electron chi connectivity index (χ1n) is 23.4. The molecule has 0 saturated carbocycles. The summed E-state index contributed by atoms with van der Waals surface area (Å²) in [5, 5.41) is 0. The van der Waals surface area contributed by atoms with Gasteiger partial charge in [0.2, 0.25) is 0 Å². The first-order chi connectivity index (χ1) is 33.4. The molecule has 7 aromatic carbocycles. The van der Waals surface area contributed by atoms with Crippen LogP contribution in [0.1, 0.15) is 70.4 Å². The molecule has 0 unspecified atom stereocenters. The van der Waals surface area contributed by atoms with Crippen molar-refractivity contribution in [2.45, 2.75) is 68.2 Å². The highest BCUT2D eigenvalue weighted by molar-refractivity contribution is 7.41. The van der Waals surface area contributed by atoms with Crippen LogP contribution in [0.25, 0.3) is 0 Å². The summed E-state index contributed by atoms with van der Waals surface area (Å²) in [4.78, 5) is 10.3. The third kappa shape index (κ3) is 8.60. The molecule has 0 aromatic heterocycles. The molecule has 0 N–H and O–H groups in total. The van der Waals surface area contributed by atoms with E-state index in [4.69, 9.17) is 42.5 Å². The van der Waals surface area contributed by atoms with Gasteiger partial charge in [0.25, 0.3) is 0 Å². The number of ether oxygens (including phenoxy) is 4. The van der Waals surface area contributed by atoms with Gasteiger partial charge in [0.05, 0.1) is 6.61 Å². The highest BCUT2D eigenvalue weighted by Gasteiger charge is 2.67. The van der Waals surface area contributed by atoms with Crippen LogP contribution in [0.3, 0.4) is 0 Å². The lowest BCUT2D eigenvalue weighted by Gasteiger charge is -2.41. The first-order valence-corrected chi connectivity index (χ1v) is 24.5. The van der Waals surface area contributed by atoms with Gasteiger partial charge < -0.3 is 23.5 Å². The minimum atomic E-state index is -2.18. The Balaban J connectivity index is 0.968. The van der Waals surface area contributed by atoms with Gasteiger partial charge in [-0.25, -0.2) is 9.98 Å². The van der Waals surface area contributed by atoms with Gasteiger partial charge in [-0.15, -0.1) is 0 Å². The zero-order valence-corrected chi connectivity index (χ0v) is 38.9. The van der Waals surface area contributed by atoms with Crippen LogP contribution in [0.15, 0.2) is 216 Å². The van der Waals surface area contributed by atoms with Crippen LogP contribution < -0.4 is 0 Å². The van der Waals surface area contributed by atoms with E-state index in [1.807, 2.05) is 123 Å². The fourth-order valence-corrected chi connectivity index (χ4v) is 11.6. The lowest BCUT2D eigenvalue weighted by molar-refractivity contribution is -0.176. The summed E-state index contributed by atoms with van der Waals surface area (Å²) >= 11 is 0. The lowest BCUT2D eigenvalue weighted by Crippen LogP contribution is -2.53. The van der Waals surface area contributed by atoms with Gasteiger partial charge in [-0.1, -0.05) is 206 Å². The Hall–Kier alpha value is -6.29. The summed E-state index contributed by atoms with van der Waals surface area (Å²) in [6.07, 6.45) is -0.854. The van der Waals surface area contributed by atoms with E-state index in [0.29, 0.717) is 31.4 Å². The quantitative estimate of drug-likeness (QED) is 0.106. The maximum Gasteiger partial charge on any atom is 0.335 e. The van der Waals surface area contributed by atoms with E-state index in [0.717, 1.165) is 44.5 Å². The summed E-state index contributed by atoms with van der Waals surface area (Å²) in [6.45, 7) is 5.02. The average molecular weight is 921 g/mol. The monoisotopic (exact) mass is 920 g/mol. The first kappa shape index (κ1) is 44.2. The predicted octanol–water partition coefficient (Wildman–Crippen LogP) is 12.4. The molecule has 0 aliphatic carbocycles. The van der Waals surface area contributed by atoms with Crippen LogP contribution in [0, 0.1) is 5.92 Å². The molecule has 4 aliphatic heterocycles. The van der Waals surface area contributed by atoms with Crippen molar-refractivity contribution in [2.75, 3.05) is 13.2 Å². The molecule has 0 spiro atoms. The molecule has 2 saturated heterocycles. The van der Waals surface area contributed by atoms with Crippen molar-refractivity contribution >= 4 is 20.4 Å². The Morgan fingerprint density at radius 1 is 0.500 bits per heavy atom. The number of benzene rings is 7. The Bertz CT molecular complexity index is 2600. The van der Waals surface area contributed by atoms with Crippen LogP contribution in [-0.4, -0.2) is 43.0 Å². The molecule has 0 amide bonds. The molecular formula is C58H53N2O7P. The Morgan fingerprint density at radius 2 is 0.882 bits per heavy atom. The van der Waals surface area contributed by atoms with E-state index in [1.54, 1.807) is 0 Å². The molecule has 2 fully saturated rings. The van der Waals surface area contributed by atoms with E-state index in [2.05, 4.69) is 97.1 Å². The molecule has 342 valence electrons. The second kappa shape index (κ2) is 19.0. The normalized spacial score (nSPS) is 22.6. The van der Waals surface area contributed by atoms with E-state index in [-0.39, 0.29) is 24.6 Å². The summed E-state index contributed by atoms with van der Waals surface area (Å²) in [5.41, 5.74) is 5.33. The minimum Gasteiger partial charge on any atom is -0.478 e. The zero-order valence-electron chi connectivity index (χ0n) is 38.0. The van der Waals surface area contributed by atoms with E-state index in [1.165, 1.54) is 0 Å². The molecule has 0 radical (unpaired) electrons. The molecule has 0 bridgehead atoms. The number of hydrogen-bond donors (Lipinski definition) is 0. The third-order valence-corrected chi connectivity index (χ3v) is 14.4. The number of fused-ring (bicyclic) bond motifs is 1. The summed E-state index contributed by atoms with van der Waals surface area (Å²) in [6, 6.07) is 69.8. The van der Waals surface area contributed by atoms with Crippen molar-refractivity contribution in [2.24, 2.45) is 15.9 Å². The van der Waals surface area contributed by atoms with Crippen molar-refractivity contribution in [1.82, 2.24) is 0 Å². The number of aliphatic imine (C=N–C) groups is 2. The second-order valence-corrected chi connectivity index (χ2v) is 19.1. The number of rotatable bonds is 13. The van der Waals surface area contributed by atoms with E-state index in [9.17, 15) is 0 Å². The van der Waals surface area contributed by atoms with Crippen molar-refractivity contribution < 1.29 is 32.5 Å². The number of hydrogen-bond acceptors (Lipinski definition) is 9. The molecule has 10 heteroatoms. The van der Waals surface area contributed by atoms with Crippen LogP contribution in [-0.2, 0) is 56.7 Å². The molecule has 11 rings (SSSR count). The van der Waals surface area contributed by atoms with E-state index >= 15 is 0 Å². The Kier molecular flexibility index (Phi) is 12.4. The zero-order chi connectivity index (χ0) is 46.0. The summed E-state index contributed by atoms with van der Waals surface area (Å²) < 4.78 is 49.4.